The number of ether oxygens (including phenoxy) is 1. The number of methoxy groups -OCH3 is 1. The van der Waals surface area contributed by atoms with E-state index in [0.717, 1.165) is 24.1 Å². The maximum absolute atomic E-state index is 12.5. The van der Waals surface area contributed by atoms with Gasteiger partial charge < -0.3 is 4.74 Å². The molecule has 0 aliphatic carbocycles. The molecule has 7 nitrogen and oxygen atoms in total. The van der Waals surface area contributed by atoms with Crippen LogP contribution in [-0.2, 0) is 21.4 Å². The summed E-state index contributed by atoms with van der Waals surface area (Å²) < 4.78 is 34.5. The second-order valence-electron chi connectivity index (χ2n) is 6.70. The Morgan fingerprint density at radius 2 is 2.07 bits per heavy atom. The van der Waals surface area contributed by atoms with E-state index >= 15 is 0 Å². The molecule has 1 aromatic heterocycles. The van der Waals surface area contributed by atoms with Crippen LogP contribution >= 0.6 is 0 Å². The molecule has 1 aliphatic heterocycles. The highest BCUT2D eigenvalue weighted by Crippen LogP contribution is 2.19. The van der Waals surface area contributed by atoms with Crippen LogP contribution in [0.3, 0.4) is 0 Å². The van der Waals surface area contributed by atoms with Gasteiger partial charge in [0, 0.05) is 44.9 Å². The SMILES string of the molecule is COCC1CCCN(S(=O)(=O)NCCc2nccc(-c3ccccc3)n2)C1. The van der Waals surface area contributed by atoms with Crippen LogP contribution in [0, 0.1) is 5.92 Å². The molecule has 2 heterocycles. The number of aromatic nitrogens is 2. The molecule has 8 heteroatoms. The second kappa shape index (κ2) is 9.36. The first kappa shape index (κ1) is 19.9. The Kier molecular flexibility index (Phi) is 6.89. The van der Waals surface area contributed by atoms with Gasteiger partial charge in [-0.15, -0.1) is 0 Å². The number of piperidine rings is 1. The average Bonchev–Trinajstić information content (AvgIpc) is 2.69. The Morgan fingerprint density at radius 1 is 1.26 bits per heavy atom. The van der Waals surface area contributed by atoms with Crippen LogP contribution in [0.25, 0.3) is 11.3 Å². The van der Waals surface area contributed by atoms with Gasteiger partial charge in [0.1, 0.15) is 5.82 Å². The van der Waals surface area contributed by atoms with Crippen molar-refractivity contribution in [3.05, 3.63) is 48.4 Å². The minimum atomic E-state index is -3.49. The first-order valence-electron chi connectivity index (χ1n) is 9.19. The molecular formula is C19H26N4O3S. The lowest BCUT2D eigenvalue weighted by molar-refractivity contribution is 0.118. The number of nitrogens with one attached hydrogen (secondary N) is 1. The second-order valence-corrected chi connectivity index (χ2v) is 8.45. The molecule has 0 radical (unpaired) electrons. The van der Waals surface area contributed by atoms with Gasteiger partial charge in [0.15, 0.2) is 0 Å². The van der Waals surface area contributed by atoms with Crippen LogP contribution in [0.4, 0.5) is 0 Å². The van der Waals surface area contributed by atoms with Crippen molar-refractivity contribution in [2.24, 2.45) is 5.92 Å². The molecule has 146 valence electrons. The minimum Gasteiger partial charge on any atom is -0.384 e. The standard InChI is InChI=1S/C19H26N4O3S/c1-26-15-16-6-5-13-23(14-16)27(24,25)21-12-10-19-20-11-9-18(22-19)17-7-3-2-4-8-17/h2-4,7-9,11,16,21H,5-6,10,12-15H2,1H3. The molecule has 3 rings (SSSR count). The first-order chi connectivity index (χ1) is 13.1. The van der Waals surface area contributed by atoms with E-state index in [0.29, 0.717) is 31.9 Å². The van der Waals surface area contributed by atoms with E-state index in [1.807, 2.05) is 36.4 Å². The van der Waals surface area contributed by atoms with Crippen LogP contribution in [0.15, 0.2) is 42.6 Å². The van der Waals surface area contributed by atoms with Gasteiger partial charge in [-0.3, -0.25) is 0 Å². The van der Waals surface area contributed by atoms with E-state index in [-0.39, 0.29) is 12.5 Å². The fourth-order valence-corrected chi connectivity index (χ4v) is 4.61. The van der Waals surface area contributed by atoms with E-state index < -0.39 is 10.2 Å². The lowest BCUT2D eigenvalue weighted by atomic mass is 10.0. The summed E-state index contributed by atoms with van der Waals surface area (Å²) in [5.41, 5.74) is 1.85. The summed E-state index contributed by atoms with van der Waals surface area (Å²) in [7, 11) is -1.85. The number of benzene rings is 1. The first-order valence-corrected chi connectivity index (χ1v) is 10.6. The molecule has 1 saturated heterocycles. The molecule has 0 saturated carbocycles. The number of nitrogens with zero attached hydrogens (tertiary/aromatic N) is 3. The van der Waals surface area contributed by atoms with Gasteiger partial charge in [-0.1, -0.05) is 30.3 Å². The Bertz CT molecular complexity index is 828. The molecule has 1 aromatic carbocycles. The van der Waals surface area contributed by atoms with Crippen LogP contribution in [0.2, 0.25) is 0 Å². The number of rotatable bonds is 8. The van der Waals surface area contributed by atoms with Crippen molar-refractivity contribution in [3.8, 4) is 11.3 Å². The summed E-state index contributed by atoms with van der Waals surface area (Å²) in [6.07, 6.45) is 4.01. The summed E-state index contributed by atoms with van der Waals surface area (Å²) in [6, 6.07) is 11.7. The van der Waals surface area contributed by atoms with E-state index in [2.05, 4.69) is 14.7 Å². The fraction of sp³-hybridized carbons (Fsp3) is 0.474. The quantitative estimate of drug-likeness (QED) is 0.744. The highest BCUT2D eigenvalue weighted by Gasteiger charge is 2.28. The van der Waals surface area contributed by atoms with E-state index in [1.165, 1.54) is 4.31 Å². The molecular weight excluding hydrogens is 364 g/mol. The van der Waals surface area contributed by atoms with Gasteiger partial charge >= 0.3 is 0 Å². The molecule has 1 aliphatic rings. The van der Waals surface area contributed by atoms with Gasteiger partial charge in [0.2, 0.25) is 0 Å². The van der Waals surface area contributed by atoms with Gasteiger partial charge in [-0.05, 0) is 24.8 Å². The van der Waals surface area contributed by atoms with E-state index in [4.69, 9.17) is 4.74 Å². The van der Waals surface area contributed by atoms with Crippen molar-refractivity contribution in [1.82, 2.24) is 19.0 Å². The summed E-state index contributed by atoms with van der Waals surface area (Å²) in [5.74, 6) is 0.876. The summed E-state index contributed by atoms with van der Waals surface area (Å²) in [4.78, 5) is 8.79. The van der Waals surface area contributed by atoms with E-state index in [1.54, 1.807) is 13.3 Å². The van der Waals surface area contributed by atoms with Gasteiger partial charge in [0.25, 0.3) is 10.2 Å². The Balaban J connectivity index is 1.56. The van der Waals surface area contributed by atoms with Crippen LogP contribution in [-0.4, -0.2) is 56.0 Å². The third-order valence-electron chi connectivity index (χ3n) is 4.63. The van der Waals surface area contributed by atoms with Crippen LogP contribution in [0.5, 0.6) is 0 Å². The van der Waals surface area contributed by atoms with Gasteiger partial charge in [-0.2, -0.15) is 12.7 Å². The van der Waals surface area contributed by atoms with Gasteiger partial charge in [-0.25, -0.2) is 14.7 Å². The van der Waals surface area contributed by atoms with Crippen molar-refractivity contribution in [3.63, 3.8) is 0 Å². The predicted octanol–water partition coefficient (Wildman–Crippen LogP) is 1.88. The molecule has 1 fully saturated rings. The summed E-state index contributed by atoms with van der Waals surface area (Å²) in [5, 5.41) is 0. The highest BCUT2D eigenvalue weighted by atomic mass is 32.2. The minimum absolute atomic E-state index is 0.256. The van der Waals surface area contributed by atoms with E-state index in [9.17, 15) is 8.42 Å². The number of hydrogen-bond acceptors (Lipinski definition) is 5. The summed E-state index contributed by atoms with van der Waals surface area (Å²) in [6.45, 7) is 1.91. The zero-order chi connectivity index (χ0) is 19.1. The Hall–Kier alpha value is -1.87. The lowest BCUT2D eigenvalue weighted by Gasteiger charge is -2.31. The zero-order valence-electron chi connectivity index (χ0n) is 15.5. The highest BCUT2D eigenvalue weighted by molar-refractivity contribution is 7.87. The molecule has 2 aromatic rings. The zero-order valence-corrected chi connectivity index (χ0v) is 16.4. The molecule has 0 spiro atoms. The van der Waals surface area contributed by atoms with Gasteiger partial charge in [0.05, 0.1) is 12.3 Å². The number of hydrogen-bond donors (Lipinski definition) is 1. The molecule has 1 atom stereocenters. The molecule has 1 unspecified atom stereocenters. The van der Waals surface area contributed by atoms with Crippen molar-refractivity contribution in [2.75, 3.05) is 33.4 Å². The average molecular weight is 391 g/mol. The largest absolute Gasteiger partial charge is 0.384 e. The lowest BCUT2D eigenvalue weighted by Crippen LogP contribution is -2.47. The Morgan fingerprint density at radius 3 is 2.85 bits per heavy atom. The maximum atomic E-state index is 12.5. The maximum Gasteiger partial charge on any atom is 0.279 e. The smallest absolute Gasteiger partial charge is 0.279 e. The fourth-order valence-electron chi connectivity index (χ4n) is 3.29. The normalized spacial score (nSPS) is 18.5. The van der Waals surface area contributed by atoms with Crippen molar-refractivity contribution in [2.45, 2.75) is 19.3 Å². The third-order valence-corrected chi connectivity index (χ3v) is 6.21. The van der Waals surface area contributed by atoms with Crippen LogP contribution in [0.1, 0.15) is 18.7 Å². The molecule has 0 bridgehead atoms. The summed E-state index contributed by atoms with van der Waals surface area (Å²) >= 11 is 0. The molecule has 27 heavy (non-hydrogen) atoms. The van der Waals surface area contributed by atoms with Crippen molar-refractivity contribution in [1.29, 1.82) is 0 Å². The molecule has 1 N–H and O–H groups in total. The third kappa shape index (κ3) is 5.55. The Labute approximate surface area is 161 Å². The molecule has 0 amide bonds. The monoisotopic (exact) mass is 390 g/mol. The van der Waals surface area contributed by atoms with Crippen molar-refractivity contribution < 1.29 is 13.2 Å². The van der Waals surface area contributed by atoms with Crippen LogP contribution < -0.4 is 4.72 Å². The predicted molar refractivity (Wildman–Crippen MR) is 104 cm³/mol. The topological polar surface area (TPSA) is 84.4 Å². The van der Waals surface area contributed by atoms with Crippen molar-refractivity contribution >= 4 is 10.2 Å².